The van der Waals surface area contributed by atoms with Gasteiger partial charge in [0.1, 0.15) is 11.4 Å². The van der Waals surface area contributed by atoms with E-state index in [9.17, 15) is 0 Å². The van der Waals surface area contributed by atoms with Gasteiger partial charge in [-0.3, -0.25) is 0 Å². The Morgan fingerprint density at radius 1 is 1.04 bits per heavy atom. The molecule has 0 aliphatic rings. The Morgan fingerprint density at radius 2 is 1.96 bits per heavy atom. The molecule has 0 unspecified atom stereocenters. The highest BCUT2D eigenvalue weighted by Crippen LogP contribution is 2.26. The maximum Gasteiger partial charge on any atom is 0.145 e. The SMILES string of the molecule is CCCCOc1cccc(-c2cn3ccc4ccccc4c3n2)c1. The number of unbranched alkanes of at least 4 members (excludes halogenated alkanes) is 1. The van der Waals surface area contributed by atoms with Crippen molar-refractivity contribution in [3.05, 3.63) is 67.0 Å². The molecule has 0 fully saturated rings. The van der Waals surface area contributed by atoms with Crippen LogP contribution in [0.25, 0.3) is 27.7 Å². The molecule has 0 aliphatic heterocycles. The average molecular weight is 316 g/mol. The summed E-state index contributed by atoms with van der Waals surface area (Å²) in [5.41, 5.74) is 3.03. The first kappa shape index (κ1) is 14.8. The molecule has 24 heavy (non-hydrogen) atoms. The third-order valence-corrected chi connectivity index (χ3v) is 4.25. The second-order valence-electron chi connectivity index (χ2n) is 5.99. The average Bonchev–Trinajstić information content (AvgIpc) is 3.07. The molecule has 4 aromatic rings. The number of pyridine rings is 1. The van der Waals surface area contributed by atoms with E-state index in [1.165, 1.54) is 10.8 Å². The molecule has 2 aromatic heterocycles. The Labute approximate surface area is 141 Å². The zero-order valence-corrected chi connectivity index (χ0v) is 13.8. The van der Waals surface area contributed by atoms with E-state index < -0.39 is 0 Å². The maximum atomic E-state index is 5.82. The number of hydrogen-bond donors (Lipinski definition) is 0. The number of aromatic nitrogens is 2. The van der Waals surface area contributed by atoms with Crippen molar-refractivity contribution in [3.63, 3.8) is 0 Å². The van der Waals surface area contributed by atoms with Crippen molar-refractivity contribution in [2.75, 3.05) is 6.61 Å². The molecule has 0 spiro atoms. The van der Waals surface area contributed by atoms with Gasteiger partial charge in [-0.05, 0) is 30.0 Å². The molecular weight excluding hydrogens is 296 g/mol. The van der Waals surface area contributed by atoms with Crippen LogP contribution in [0.4, 0.5) is 0 Å². The lowest BCUT2D eigenvalue weighted by Gasteiger charge is -2.06. The Balaban J connectivity index is 1.74. The predicted octanol–water partition coefficient (Wildman–Crippen LogP) is 5.33. The first-order chi connectivity index (χ1) is 11.8. The van der Waals surface area contributed by atoms with Gasteiger partial charge in [-0.1, -0.05) is 49.7 Å². The topological polar surface area (TPSA) is 26.5 Å². The first-order valence-electron chi connectivity index (χ1n) is 8.45. The molecule has 2 heterocycles. The number of hydrogen-bond acceptors (Lipinski definition) is 2. The summed E-state index contributed by atoms with van der Waals surface area (Å²) >= 11 is 0. The minimum Gasteiger partial charge on any atom is -0.494 e. The van der Waals surface area contributed by atoms with Gasteiger partial charge in [-0.25, -0.2) is 4.98 Å². The summed E-state index contributed by atoms with van der Waals surface area (Å²) < 4.78 is 7.90. The maximum absolute atomic E-state index is 5.82. The van der Waals surface area contributed by atoms with E-state index in [4.69, 9.17) is 9.72 Å². The van der Waals surface area contributed by atoms with Crippen molar-refractivity contribution in [1.29, 1.82) is 0 Å². The van der Waals surface area contributed by atoms with E-state index >= 15 is 0 Å². The smallest absolute Gasteiger partial charge is 0.145 e. The summed E-state index contributed by atoms with van der Waals surface area (Å²) in [6.45, 7) is 2.93. The summed E-state index contributed by atoms with van der Waals surface area (Å²) in [5, 5.41) is 2.38. The van der Waals surface area contributed by atoms with E-state index in [2.05, 4.69) is 66.2 Å². The Morgan fingerprint density at radius 3 is 2.88 bits per heavy atom. The molecule has 3 nitrogen and oxygen atoms in total. The molecule has 0 saturated carbocycles. The Hall–Kier alpha value is -2.81. The molecule has 0 radical (unpaired) electrons. The van der Waals surface area contributed by atoms with Crippen molar-refractivity contribution in [1.82, 2.24) is 9.38 Å². The van der Waals surface area contributed by atoms with Crippen LogP contribution in [-0.4, -0.2) is 16.0 Å². The number of rotatable bonds is 5. The first-order valence-corrected chi connectivity index (χ1v) is 8.45. The lowest BCUT2D eigenvalue weighted by molar-refractivity contribution is 0.309. The van der Waals surface area contributed by atoms with Gasteiger partial charge < -0.3 is 9.14 Å². The molecule has 0 N–H and O–H groups in total. The number of benzene rings is 2. The second kappa shape index (κ2) is 6.36. The standard InChI is InChI=1S/C21H20N2O/c1-2-3-13-24-18-9-6-8-17(14-18)20-15-23-12-11-16-7-4-5-10-19(16)21(23)22-20/h4-12,14-15H,2-3,13H2,1H3. The number of nitrogens with zero attached hydrogens (tertiary/aromatic N) is 2. The fourth-order valence-corrected chi connectivity index (χ4v) is 2.93. The number of imidazole rings is 1. The monoisotopic (exact) mass is 316 g/mol. The van der Waals surface area contributed by atoms with Crippen LogP contribution in [0.15, 0.2) is 67.0 Å². The summed E-state index contributed by atoms with van der Waals surface area (Å²) in [4.78, 5) is 4.86. The van der Waals surface area contributed by atoms with Gasteiger partial charge in [-0.15, -0.1) is 0 Å². The Bertz CT molecular complexity index is 987. The third-order valence-electron chi connectivity index (χ3n) is 4.25. The van der Waals surface area contributed by atoms with E-state index in [1.807, 2.05) is 12.1 Å². The fraction of sp³-hybridized carbons (Fsp3) is 0.190. The van der Waals surface area contributed by atoms with Crippen LogP contribution in [0.5, 0.6) is 5.75 Å². The van der Waals surface area contributed by atoms with Crippen LogP contribution in [0.2, 0.25) is 0 Å². The van der Waals surface area contributed by atoms with Crippen LogP contribution in [-0.2, 0) is 0 Å². The molecule has 0 aliphatic carbocycles. The lowest BCUT2D eigenvalue weighted by atomic mass is 10.1. The highest BCUT2D eigenvalue weighted by atomic mass is 16.5. The molecule has 0 bridgehead atoms. The number of fused-ring (bicyclic) bond motifs is 3. The van der Waals surface area contributed by atoms with Gasteiger partial charge in [-0.2, -0.15) is 0 Å². The molecule has 0 atom stereocenters. The molecular formula is C21H20N2O. The minimum absolute atomic E-state index is 0.760. The van der Waals surface area contributed by atoms with E-state index in [-0.39, 0.29) is 0 Å². The van der Waals surface area contributed by atoms with Crippen molar-refractivity contribution in [2.24, 2.45) is 0 Å². The van der Waals surface area contributed by atoms with Gasteiger partial charge in [0.15, 0.2) is 0 Å². The van der Waals surface area contributed by atoms with Crippen LogP contribution in [0.1, 0.15) is 19.8 Å². The summed E-state index contributed by atoms with van der Waals surface area (Å²) in [5.74, 6) is 0.905. The molecule has 4 rings (SSSR count). The van der Waals surface area contributed by atoms with Gasteiger partial charge in [0.05, 0.1) is 12.3 Å². The minimum atomic E-state index is 0.760. The van der Waals surface area contributed by atoms with Crippen LogP contribution < -0.4 is 4.74 Å². The lowest BCUT2D eigenvalue weighted by Crippen LogP contribution is -1.96. The van der Waals surface area contributed by atoms with Crippen molar-refractivity contribution in [3.8, 4) is 17.0 Å². The Kier molecular flexibility index (Phi) is 3.91. The van der Waals surface area contributed by atoms with Gasteiger partial charge in [0.2, 0.25) is 0 Å². The highest BCUT2D eigenvalue weighted by molar-refractivity contribution is 5.94. The van der Waals surface area contributed by atoms with Crippen molar-refractivity contribution < 1.29 is 4.74 Å². The fourth-order valence-electron chi connectivity index (χ4n) is 2.93. The van der Waals surface area contributed by atoms with E-state index in [0.717, 1.165) is 42.1 Å². The van der Waals surface area contributed by atoms with E-state index in [1.54, 1.807) is 0 Å². The summed E-state index contributed by atoms with van der Waals surface area (Å²) in [7, 11) is 0. The van der Waals surface area contributed by atoms with Crippen LogP contribution in [0.3, 0.4) is 0 Å². The summed E-state index contributed by atoms with van der Waals surface area (Å²) in [6.07, 6.45) is 6.35. The molecule has 3 heteroatoms. The van der Waals surface area contributed by atoms with Crippen molar-refractivity contribution in [2.45, 2.75) is 19.8 Å². The largest absolute Gasteiger partial charge is 0.494 e. The zero-order valence-electron chi connectivity index (χ0n) is 13.8. The van der Waals surface area contributed by atoms with Crippen LogP contribution >= 0.6 is 0 Å². The zero-order chi connectivity index (χ0) is 16.4. The van der Waals surface area contributed by atoms with Gasteiger partial charge >= 0.3 is 0 Å². The molecule has 0 amide bonds. The third kappa shape index (κ3) is 2.73. The van der Waals surface area contributed by atoms with Crippen molar-refractivity contribution >= 4 is 16.4 Å². The second-order valence-corrected chi connectivity index (χ2v) is 5.99. The quantitative estimate of drug-likeness (QED) is 0.465. The summed E-state index contributed by atoms with van der Waals surface area (Å²) in [6, 6.07) is 18.6. The number of ether oxygens (including phenoxy) is 1. The van der Waals surface area contributed by atoms with Gasteiger partial charge in [0.25, 0.3) is 0 Å². The van der Waals surface area contributed by atoms with Crippen LogP contribution in [0, 0.1) is 0 Å². The predicted molar refractivity (Wildman–Crippen MR) is 98.5 cm³/mol. The molecule has 2 aromatic carbocycles. The molecule has 0 saturated heterocycles. The van der Waals surface area contributed by atoms with E-state index in [0.29, 0.717) is 0 Å². The highest BCUT2D eigenvalue weighted by Gasteiger charge is 2.08. The normalized spacial score (nSPS) is 11.2. The van der Waals surface area contributed by atoms with Gasteiger partial charge in [0, 0.05) is 23.3 Å². The molecule has 120 valence electrons.